The van der Waals surface area contributed by atoms with Crippen molar-refractivity contribution in [1.82, 2.24) is 9.78 Å². The van der Waals surface area contributed by atoms with Gasteiger partial charge in [-0.1, -0.05) is 0 Å². The summed E-state index contributed by atoms with van der Waals surface area (Å²) in [6, 6.07) is 4.50. The predicted octanol–water partition coefficient (Wildman–Crippen LogP) is 0.811. The monoisotopic (exact) mass is 193 g/mol. The number of nitrogens with zero attached hydrogens (tertiary/aromatic N) is 2. The number of aromatic nitrogens is 2. The minimum Gasteiger partial charge on any atom is -0.366 e. The zero-order chi connectivity index (χ0) is 10.3. The lowest BCUT2D eigenvalue weighted by Gasteiger charge is -1.96. The Labute approximate surface area is 79.1 Å². The molecule has 2 N–H and O–H groups in total. The van der Waals surface area contributed by atoms with Crippen molar-refractivity contribution in [2.45, 2.75) is 0 Å². The van der Waals surface area contributed by atoms with Crippen LogP contribution in [-0.4, -0.2) is 15.7 Å². The number of carbonyl (C=O) groups is 1. The van der Waals surface area contributed by atoms with E-state index in [4.69, 9.17) is 5.73 Å². The molecule has 0 atom stereocenters. The van der Waals surface area contributed by atoms with Gasteiger partial charge in [0.2, 0.25) is 11.9 Å². The Morgan fingerprint density at radius 2 is 2.29 bits per heavy atom. The summed E-state index contributed by atoms with van der Waals surface area (Å²) in [5.41, 5.74) is 6.00. The summed E-state index contributed by atoms with van der Waals surface area (Å²) in [6.07, 6.45) is 0. The van der Waals surface area contributed by atoms with Crippen LogP contribution >= 0.6 is 0 Å². The lowest BCUT2D eigenvalue weighted by molar-refractivity contribution is 0.100. The third kappa shape index (κ3) is 1.14. The average Bonchev–Trinajstić information content (AvgIpc) is 2.42. The van der Waals surface area contributed by atoms with E-state index < -0.39 is 11.9 Å². The number of halogens is 1. The van der Waals surface area contributed by atoms with E-state index in [2.05, 4.69) is 5.10 Å². The molecule has 14 heavy (non-hydrogen) atoms. The summed E-state index contributed by atoms with van der Waals surface area (Å²) in [5.74, 6) is -1.08. The lowest BCUT2D eigenvalue weighted by Crippen LogP contribution is -2.10. The van der Waals surface area contributed by atoms with Gasteiger partial charge in [0.15, 0.2) is 0 Å². The van der Waals surface area contributed by atoms with Gasteiger partial charge in [-0.05, 0) is 18.2 Å². The molecule has 0 saturated carbocycles. The molecular weight excluding hydrogens is 185 g/mol. The highest BCUT2D eigenvalue weighted by atomic mass is 19.1. The Bertz CT molecular complexity index is 518. The molecule has 0 saturated heterocycles. The van der Waals surface area contributed by atoms with E-state index in [-0.39, 0.29) is 0 Å². The number of hydrogen-bond donors (Lipinski definition) is 1. The molecule has 2 rings (SSSR count). The first kappa shape index (κ1) is 8.68. The summed E-state index contributed by atoms with van der Waals surface area (Å²) in [6.45, 7) is 0. The summed E-state index contributed by atoms with van der Waals surface area (Å²) < 4.78 is 14.5. The van der Waals surface area contributed by atoms with E-state index in [9.17, 15) is 9.18 Å². The Morgan fingerprint density at radius 1 is 1.57 bits per heavy atom. The van der Waals surface area contributed by atoms with Crippen molar-refractivity contribution in [1.29, 1.82) is 0 Å². The maximum atomic E-state index is 13.1. The van der Waals surface area contributed by atoms with Crippen molar-refractivity contribution < 1.29 is 9.18 Å². The molecule has 1 heterocycles. The van der Waals surface area contributed by atoms with Gasteiger partial charge in [-0.2, -0.15) is 4.39 Å². The molecule has 0 unspecified atom stereocenters. The van der Waals surface area contributed by atoms with Gasteiger partial charge in [0, 0.05) is 12.6 Å². The minimum atomic E-state index is -0.543. The van der Waals surface area contributed by atoms with Gasteiger partial charge in [0.25, 0.3) is 0 Å². The molecule has 1 aromatic heterocycles. The number of benzene rings is 1. The van der Waals surface area contributed by atoms with E-state index in [1.54, 1.807) is 7.05 Å². The number of nitrogens with two attached hydrogens (primary N) is 1. The van der Waals surface area contributed by atoms with Gasteiger partial charge in [0.05, 0.1) is 10.9 Å². The van der Waals surface area contributed by atoms with Crippen molar-refractivity contribution in [3.05, 3.63) is 29.7 Å². The highest BCUT2D eigenvalue weighted by Crippen LogP contribution is 2.17. The normalized spacial score (nSPS) is 10.7. The van der Waals surface area contributed by atoms with Gasteiger partial charge in [-0.3, -0.25) is 9.48 Å². The van der Waals surface area contributed by atoms with Crippen molar-refractivity contribution in [2.75, 3.05) is 0 Å². The molecule has 5 heteroatoms. The highest BCUT2D eigenvalue weighted by molar-refractivity contribution is 5.96. The molecule has 0 radical (unpaired) electrons. The molecule has 0 aliphatic heterocycles. The van der Waals surface area contributed by atoms with Crippen LogP contribution < -0.4 is 5.73 Å². The zero-order valence-electron chi connectivity index (χ0n) is 7.49. The molecular formula is C9H8FN3O. The Hall–Kier alpha value is -1.91. The lowest BCUT2D eigenvalue weighted by atomic mass is 10.1. The molecule has 0 aliphatic rings. The largest absolute Gasteiger partial charge is 0.366 e. The molecule has 0 bridgehead atoms. The van der Waals surface area contributed by atoms with Crippen LogP contribution in [0.5, 0.6) is 0 Å². The van der Waals surface area contributed by atoms with Gasteiger partial charge in [-0.15, -0.1) is 5.10 Å². The van der Waals surface area contributed by atoms with Crippen LogP contribution in [0.4, 0.5) is 4.39 Å². The summed E-state index contributed by atoms with van der Waals surface area (Å²) in [4.78, 5) is 10.9. The second kappa shape index (κ2) is 2.80. The van der Waals surface area contributed by atoms with Crippen molar-refractivity contribution >= 4 is 16.8 Å². The van der Waals surface area contributed by atoms with E-state index in [0.717, 1.165) is 0 Å². The van der Waals surface area contributed by atoms with Crippen molar-refractivity contribution in [3.8, 4) is 0 Å². The van der Waals surface area contributed by atoms with Crippen LogP contribution in [-0.2, 0) is 7.05 Å². The third-order valence-electron chi connectivity index (χ3n) is 2.09. The van der Waals surface area contributed by atoms with Crippen LogP contribution in [0, 0.1) is 5.95 Å². The van der Waals surface area contributed by atoms with Crippen molar-refractivity contribution in [3.63, 3.8) is 0 Å². The fourth-order valence-corrected chi connectivity index (χ4v) is 1.37. The smallest absolute Gasteiger partial charge is 0.248 e. The van der Waals surface area contributed by atoms with Crippen LogP contribution in [0.2, 0.25) is 0 Å². The van der Waals surface area contributed by atoms with Crippen LogP contribution in [0.3, 0.4) is 0 Å². The second-order valence-corrected chi connectivity index (χ2v) is 3.01. The molecule has 1 aromatic carbocycles. The molecule has 2 aromatic rings. The van der Waals surface area contributed by atoms with Crippen LogP contribution in [0.25, 0.3) is 10.9 Å². The molecule has 72 valence electrons. The first-order valence-corrected chi connectivity index (χ1v) is 4.01. The number of rotatable bonds is 1. The molecule has 0 aliphatic carbocycles. The molecule has 0 fully saturated rings. The average molecular weight is 193 g/mol. The van der Waals surface area contributed by atoms with Gasteiger partial charge in [0.1, 0.15) is 0 Å². The maximum absolute atomic E-state index is 13.1. The fraction of sp³-hybridized carbons (Fsp3) is 0.111. The minimum absolute atomic E-state index is 0.348. The summed E-state index contributed by atoms with van der Waals surface area (Å²) >= 11 is 0. The molecule has 4 nitrogen and oxygen atoms in total. The first-order chi connectivity index (χ1) is 6.59. The standard InChI is InChI=1S/C9H8FN3O/c1-13-7-4-5(9(11)14)2-3-6(7)8(10)12-13/h2-4H,1H3,(H2,11,14). The number of amides is 1. The highest BCUT2D eigenvalue weighted by Gasteiger charge is 2.09. The number of carbonyl (C=O) groups excluding carboxylic acids is 1. The Balaban J connectivity index is 2.77. The van der Waals surface area contributed by atoms with E-state index in [1.165, 1.54) is 22.9 Å². The van der Waals surface area contributed by atoms with E-state index >= 15 is 0 Å². The van der Waals surface area contributed by atoms with Crippen LogP contribution in [0.15, 0.2) is 18.2 Å². The van der Waals surface area contributed by atoms with Gasteiger partial charge < -0.3 is 5.73 Å². The number of primary amides is 1. The predicted molar refractivity (Wildman–Crippen MR) is 49.2 cm³/mol. The maximum Gasteiger partial charge on any atom is 0.248 e. The molecule has 1 amide bonds. The fourth-order valence-electron chi connectivity index (χ4n) is 1.37. The van der Waals surface area contributed by atoms with E-state index in [1.807, 2.05) is 0 Å². The van der Waals surface area contributed by atoms with Gasteiger partial charge >= 0.3 is 0 Å². The zero-order valence-corrected chi connectivity index (χ0v) is 7.49. The number of aryl methyl sites for hydroxylation is 1. The van der Waals surface area contributed by atoms with Crippen molar-refractivity contribution in [2.24, 2.45) is 12.8 Å². The van der Waals surface area contributed by atoms with Gasteiger partial charge in [-0.25, -0.2) is 0 Å². The first-order valence-electron chi connectivity index (χ1n) is 4.01. The van der Waals surface area contributed by atoms with Crippen LogP contribution in [0.1, 0.15) is 10.4 Å². The van der Waals surface area contributed by atoms with E-state index in [0.29, 0.717) is 16.5 Å². The SMILES string of the molecule is Cn1nc(F)c2ccc(C(N)=O)cc21. The Morgan fingerprint density at radius 3 is 2.93 bits per heavy atom. The number of hydrogen-bond acceptors (Lipinski definition) is 2. The Kier molecular flexibility index (Phi) is 1.73. The second-order valence-electron chi connectivity index (χ2n) is 3.01. The topological polar surface area (TPSA) is 60.9 Å². The quantitative estimate of drug-likeness (QED) is 0.728. The third-order valence-corrected chi connectivity index (χ3v) is 2.09. The molecule has 0 spiro atoms. The summed E-state index contributed by atoms with van der Waals surface area (Å²) in [7, 11) is 1.61. The summed E-state index contributed by atoms with van der Waals surface area (Å²) in [5, 5.41) is 3.98. The number of fused-ring (bicyclic) bond motifs is 1.